The summed E-state index contributed by atoms with van der Waals surface area (Å²) in [6, 6.07) is 4.48. The van der Waals surface area contributed by atoms with Gasteiger partial charge >= 0.3 is 0 Å². The van der Waals surface area contributed by atoms with Crippen molar-refractivity contribution in [2.45, 2.75) is 40.7 Å². The molecule has 0 atom stereocenters. The Bertz CT molecular complexity index is 607. The highest BCUT2D eigenvalue weighted by Crippen LogP contribution is 2.32. The molecule has 0 fully saturated rings. The van der Waals surface area contributed by atoms with Crippen LogP contribution in [0.25, 0.3) is 10.9 Å². The maximum atomic E-state index is 3.67. The van der Waals surface area contributed by atoms with Gasteiger partial charge in [-0.1, -0.05) is 26.0 Å². The molecular formula is C17H24N2. The molecule has 0 unspecified atom stereocenters. The summed E-state index contributed by atoms with van der Waals surface area (Å²) in [5.41, 5.74) is 7.14. The van der Waals surface area contributed by atoms with Crippen molar-refractivity contribution in [2.75, 3.05) is 13.1 Å². The van der Waals surface area contributed by atoms with E-state index in [9.17, 15) is 0 Å². The SMILES string of the molecule is Cc1ccc(C)c2c3c([nH]c12)CCN(CC(C)C)C3. The number of hydrogen-bond donors (Lipinski definition) is 1. The zero-order valence-electron chi connectivity index (χ0n) is 12.5. The number of aromatic nitrogens is 1. The Labute approximate surface area is 115 Å². The number of hydrogen-bond acceptors (Lipinski definition) is 1. The lowest BCUT2D eigenvalue weighted by atomic mass is 9.99. The van der Waals surface area contributed by atoms with Crippen LogP contribution in [-0.4, -0.2) is 23.0 Å². The van der Waals surface area contributed by atoms with E-state index in [1.807, 2.05) is 0 Å². The van der Waals surface area contributed by atoms with Gasteiger partial charge in [0, 0.05) is 42.7 Å². The van der Waals surface area contributed by atoms with Gasteiger partial charge in [-0.05, 0) is 36.5 Å². The zero-order chi connectivity index (χ0) is 13.6. The second-order valence-corrected chi connectivity index (χ2v) is 6.41. The van der Waals surface area contributed by atoms with E-state index in [0.717, 1.165) is 18.9 Å². The van der Waals surface area contributed by atoms with Gasteiger partial charge in [-0.25, -0.2) is 0 Å². The Kier molecular flexibility index (Phi) is 3.14. The van der Waals surface area contributed by atoms with Crippen LogP contribution in [0.2, 0.25) is 0 Å². The number of aromatic amines is 1. The maximum Gasteiger partial charge on any atom is 0.0491 e. The standard InChI is InChI=1S/C17H24N2/c1-11(2)9-19-8-7-15-14(10-19)16-12(3)5-6-13(4)17(16)18-15/h5-6,11,18H,7-10H2,1-4H3. The number of fused-ring (bicyclic) bond motifs is 3. The van der Waals surface area contributed by atoms with Crippen LogP contribution in [0.15, 0.2) is 12.1 Å². The van der Waals surface area contributed by atoms with Crippen molar-refractivity contribution >= 4 is 10.9 Å². The second-order valence-electron chi connectivity index (χ2n) is 6.41. The molecule has 0 radical (unpaired) electrons. The van der Waals surface area contributed by atoms with Crippen molar-refractivity contribution in [1.82, 2.24) is 9.88 Å². The molecule has 2 aromatic rings. The van der Waals surface area contributed by atoms with Crippen molar-refractivity contribution in [1.29, 1.82) is 0 Å². The van der Waals surface area contributed by atoms with Crippen molar-refractivity contribution in [2.24, 2.45) is 5.92 Å². The fraction of sp³-hybridized carbons (Fsp3) is 0.529. The van der Waals surface area contributed by atoms with Crippen LogP contribution in [0.5, 0.6) is 0 Å². The smallest absolute Gasteiger partial charge is 0.0491 e. The minimum absolute atomic E-state index is 0.745. The quantitative estimate of drug-likeness (QED) is 0.866. The van der Waals surface area contributed by atoms with Gasteiger partial charge in [0.2, 0.25) is 0 Å². The molecule has 1 aromatic carbocycles. The van der Waals surface area contributed by atoms with Crippen molar-refractivity contribution < 1.29 is 0 Å². The summed E-state index contributed by atoms with van der Waals surface area (Å²) in [4.78, 5) is 6.27. The highest BCUT2D eigenvalue weighted by atomic mass is 15.1. The lowest BCUT2D eigenvalue weighted by Gasteiger charge is -2.28. The molecule has 0 saturated heterocycles. The Balaban J connectivity index is 2.06. The summed E-state index contributed by atoms with van der Waals surface area (Å²) in [6.07, 6.45) is 1.16. The molecule has 0 spiro atoms. The van der Waals surface area contributed by atoms with Crippen LogP contribution in [0.4, 0.5) is 0 Å². The number of nitrogens with zero attached hydrogens (tertiary/aromatic N) is 1. The second kappa shape index (κ2) is 4.68. The Morgan fingerprint density at radius 1 is 1.21 bits per heavy atom. The number of nitrogens with one attached hydrogen (secondary N) is 1. The summed E-state index contributed by atoms with van der Waals surface area (Å²) < 4.78 is 0. The van der Waals surface area contributed by atoms with E-state index in [0.29, 0.717) is 0 Å². The fourth-order valence-electron chi connectivity index (χ4n) is 3.37. The Hall–Kier alpha value is -1.28. The Morgan fingerprint density at radius 3 is 2.68 bits per heavy atom. The highest BCUT2D eigenvalue weighted by Gasteiger charge is 2.22. The normalized spacial score (nSPS) is 16.3. The summed E-state index contributed by atoms with van der Waals surface area (Å²) in [5, 5.41) is 1.48. The molecule has 1 aliphatic rings. The fourth-order valence-corrected chi connectivity index (χ4v) is 3.37. The average molecular weight is 256 g/mol. The molecule has 2 heterocycles. The molecule has 19 heavy (non-hydrogen) atoms. The van der Waals surface area contributed by atoms with E-state index in [1.165, 1.54) is 40.8 Å². The summed E-state index contributed by atoms with van der Waals surface area (Å²) >= 11 is 0. The van der Waals surface area contributed by atoms with Crippen molar-refractivity contribution in [3.8, 4) is 0 Å². The Morgan fingerprint density at radius 2 is 1.95 bits per heavy atom. The molecule has 1 N–H and O–H groups in total. The van der Waals surface area contributed by atoms with E-state index >= 15 is 0 Å². The topological polar surface area (TPSA) is 19.0 Å². The van der Waals surface area contributed by atoms with E-state index < -0.39 is 0 Å². The van der Waals surface area contributed by atoms with Crippen molar-refractivity contribution in [3.63, 3.8) is 0 Å². The van der Waals surface area contributed by atoms with E-state index in [1.54, 1.807) is 5.56 Å². The minimum Gasteiger partial charge on any atom is -0.358 e. The van der Waals surface area contributed by atoms with E-state index in [-0.39, 0.29) is 0 Å². The summed E-state index contributed by atoms with van der Waals surface area (Å²) in [6.45, 7) is 12.6. The first-order chi connectivity index (χ1) is 9.06. The first kappa shape index (κ1) is 12.7. The molecule has 0 amide bonds. The van der Waals surface area contributed by atoms with Gasteiger partial charge in [-0.15, -0.1) is 0 Å². The van der Waals surface area contributed by atoms with Gasteiger partial charge < -0.3 is 4.98 Å². The van der Waals surface area contributed by atoms with Crippen LogP contribution in [0, 0.1) is 19.8 Å². The molecule has 3 rings (SSSR count). The molecule has 2 nitrogen and oxygen atoms in total. The van der Waals surface area contributed by atoms with Crippen molar-refractivity contribution in [3.05, 3.63) is 34.5 Å². The van der Waals surface area contributed by atoms with Crippen LogP contribution in [0.3, 0.4) is 0 Å². The molecule has 1 aliphatic heterocycles. The first-order valence-corrected chi connectivity index (χ1v) is 7.38. The third-order valence-electron chi connectivity index (χ3n) is 4.25. The van der Waals surface area contributed by atoms with Crippen LogP contribution in [-0.2, 0) is 13.0 Å². The third-order valence-corrected chi connectivity index (χ3v) is 4.25. The van der Waals surface area contributed by atoms with Gasteiger partial charge in [0.05, 0.1) is 0 Å². The molecule has 2 heteroatoms. The third kappa shape index (κ3) is 2.18. The average Bonchev–Trinajstić information content (AvgIpc) is 2.73. The van der Waals surface area contributed by atoms with Crippen LogP contribution in [0.1, 0.15) is 36.2 Å². The van der Waals surface area contributed by atoms with Crippen LogP contribution < -0.4 is 0 Å². The molecule has 0 aliphatic carbocycles. The predicted octanol–water partition coefficient (Wildman–Crippen LogP) is 3.80. The highest BCUT2D eigenvalue weighted by molar-refractivity contribution is 5.90. The maximum absolute atomic E-state index is 3.67. The molecular weight excluding hydrogens is 232 g/mol. The van der Waals surface area contributed by atoms with Crippen LogP contribution >= 0.6 is 0 Å². The molecule has 1 aromatic heterocycles. The number of benzene rings is 1. The monoisotopic (exact) mass is 256 g/mol. The summed E-state index contributed by atoms with van der Waals surface area (Å²) in [5.74, 6) is 0.745. The zero-order valence-corrected chi connectivity index (χ0v) is 12.5. The largest absolute Gasteiger partial charge is 0.358 e. The van der Waals surface area contributed by atoms with Gasteiger partial charge in [0.1, 0.15) is 0 Å². The summed E-state index contributed by atoms with van der Waals surface area (Å²) in [7, 11) is 0. The van der Waals surface area contributed by atoms with Gasteiger partial charge in [0.25, 0.3) is 0 Å². The predicted molar refractivity (Wildman–Crippen MR) is 81.6 cm³/mol. The molecule has 102 valence electrons. The van der Waals surface area contributed by atoms with Gasteiger partial charge in [-0.2, -0.15) is 0 Å². The lowest BCUT2D eigenvalue weighted by molar-refractivity contribution is 0.226. The van der Waals surface area contributed by atoms with Gasteiger partial charge in [-0.3, -0.25) is 4.90 Å². The molecule has 0 saturated carbocycles. The minimum atomic E-state index is 0.745. The van der Waals surface area contributed by atoms with E-state index in [2.05, 4.69) is 49.7 Å². The first-order valence-electron chi connectivity index (χ1n) is 7.38. The number of rotatable bonds is 2. The lowest BCUT2D eigenvalue weighted by Crippen LogP contribution is -2.33. The van der Waals surface area contributed by atoms with Gasteiger partial charge in [0.15, 0.2) is 0 Å². The number of aryl methyl sites for hydroxylation is 2. The molecule has 0 bridgehead atoms. The number of H-pyrrole nitrogens is 1. The van der Waals surface area contributed by atoms with E-state index in [4.69, 9.17) is 0 Å².